The molecule has 1 aromatic heterocycles. The third-order valence-electron chi connectivity index (χ3n) is 5.07. The SMILES string of the molecule is C#CCn1c(=NC(=O)c2ccc(NS(=O)(=O)c3ccc(F)cc3)cc2)sc2c(C)cc(C)cc21. The van der Waals surface area contributed by atoms with Crippen LogP contribution in [-0.2, 0) is 16.6 Å². The average molecular weight is 494 g/mol. The first kappa shape index (κ1) is 23.4. The van der Waals surface area contributed by atoms with Crippen LogP contribution in [0, 0.1) is 32.0 Å². The van der Waals surface area contributed by atoms with E-state index in [0.717, 1.165) is 33.5 Å². The molecule has 4 rings (SSSR count). The van der Waals surface area contributed by atoms with Crippen LogP contribution < -0.4 is 9.52 Å². The van der Waals surface area contributed by atoms with Crippen molar-refractivity contribution in [2.24, 2.45) is 4.99 Å². The first-order chi connectivity index (χ1) is 16.2. The molecule has 0 unspecified atom stereocenters. The van der Waals surface area contributed by atoms with Crippen molar-refractivity contribution in [3.8, 4) is 12.3 Å². The summed E-state index contributed by atoms with van der Waals surface area (Å²) in [6.07, 6.45) is 5.55. The van der Waals surface area contributed by atoms with Crippen molar-refractivity contribution < 1.29 is 17.6 Å². The predicted octanol–water partition coefficient (Wildman–Crippen LogP) is 4.63. The Balaban J connectivity index is 1.63. The fourth-order valence-electron chi connectivity index (χ4n) is 3.50. The van der Waals surface area contributed by atoms with Crippen LogP contribution in [0.3, 0.4) is 0 Å². The number of carbonyl (C=O) groups is 1. The Labute approximate surface area is 200 Å². The zero-order chi connectivity index (χ0) is 24.5. The molecule has 1 amide bonds. The third kappa shape index (κ3) is 4.78. The molecular formula is C25H20FN3O3S2. The molecule has 1 N–H and O–H groups in total. The average Bonchev–Trinajstić information content (AvgIpc) is 3.12. The van der Waals surface area contributed by atoms with Crippen LogP contribution in [-0.4, -0.2) is 18.9 Å². The van der Waals surface area contributed by atoms with Gasteiger partial charge in [0, 0.05) is 11.3 Å². The molecule has 172 valence electrons. The topological polar surface area (TPSA) is 80.5 Å². The molecule has 4 aromatic rings. The Hall–Kier alpha value is -3.74. The molecule has 9 heteroatoms. The summed E-state index contributed by atoms with van der Waals surface area (Å²) in [6, 6.07) is 14.5. The second-order valence-electron chi connectivity index (χ2n) is 7.66. The number of aromatic nitrogens is 1. The number of terminal acetylenes is 1. The number of sulfonamides is 1. The number of carbonyl (C=O) groups excluding carboxylic acids is 1. The monoisotopic (exact) mass is 493 g/mol. The Morgan fingerprint density at radius 3 is 2.44 bits per heavy atom. The van der Waals surface area contributed by atoms with E-state index < -0.39 is 21.7 Å². The van der Waals surface area contributed by atoms with Gasteiger partial charge in [0.15, 0.2) is 4.80 Å². The van der Waals surface area contributed by atoms with Gasteiger partial charge in [-0.1, -0.05) is 23.3 Å². The molecule has 0 spiro atoms. The maximum absolute atomic E-state index is 13.1. The Kier molecular flexibility index (Phi) is 6.37. The maximum Gasteiger partial charge on any atom is 0.279 e. The molecule has 0 fully saturated rings. The van der Waals surface area contributed by atoms with Crippen molar-refractivity contribution in [1.29, 1.82) is 0 Å². The second kappa shape index (κ2) is 9.25. The van der Waals surface area contributed by atoms with Crippen LogP contribution in [0.4, 0.5) is 10.1 Å². The molecule has 0 atom stereocenters. The molecule has 0 bridgehead atoms. The Morgan fingerprint density at radius 2 is 1.79 bits per heavy atom. The van der Waals surface area contributed by atoms with E-state index in [2.05, 4.69) is 21.7 Å². The van der Waals surface area contributed by atoms with E-state index in [9.17, 15) is 17.6 Å². The summed E-state index contributed by atoms with van der Waals surface area (Å²) in [6.45, 7) is 4.28. The lowest BCUT2D eigenvalue weighted by Gasteiger charge is -2.08. The molecule has 1 heterocycles. The first-order valence-corrected chi connectivity index (χ1v) is 12.5. The zero-order valence-corrected chi connectivity index (χ0v) is 20.0. The fraction of sp³-hybridized carbons (Fsp3) is 0.120. The number of benzene rings is 3. The van der Waals surface area contributed by atoms with Crippen LogP contribution in [0.5, 0.6) is 0 Å². The fourth-order valence-corrected chi connectivity index (χ4v) is 5.64. The van der Waals surface area contributed by atoms with Gasteiger partial charge in [0.25, 0.3) is 15.9 Å². The molecule has 0 radical (unpaired) electrons. The summed E-state index contributed by atoms with van der Waals surface area (Å²) in [5.41, 5.74) is 3.65. The molecule has 0 saturated carbocycles. The molecule has 0 aliphatic heterocycles. The minimum Gasteiger partial charge on any atom is -0.305 e. The van der Waals surface area contributed by atoms with Gasteiger partial charge in [-0.25, -0.2) is 12.8 Å². The van der Waals surface area contributed by atoms with E-state index in [0.29, 0.717) is 10.4 Å². The smallest absolute Gasteiger partial charge is 0.279 e. The summed E-state index contributed by atoms with van der Waals surface area (Å²) in [4.78, 5) is 17.6. The van der Waals surface area contributed by atoms with Crippen LogP contribution in [0.1, 0.15) is 21.5 Å². The summed E-state index contributed by atoms with van der Waals surface area (Å²) in [7, 11) is -3.89. The zero-order valence-electron chi connectivity index (χ0n) is 18.4. The summed E-state index contributed by atoms with van der Waals surface area (Å²) in [5, 5.41) is 0. The molecular weight excluding hydrogens is 473 g/mol. The normalized spacial score (nSPS) is 12.0. The van der Waals surface area contributed by atoms with E-state index >= 15 is 0 Å². The lowest BCUT2D eigenvalue weighted by molar-refractivity contribution is 0.0998. The number of amides is 1. The molecule has 0 saturated heterocycles. The van der Waals surface area contributed by atoms with Crippen LogP contribution >= 0.6 is 11.3 Å². The van der Waals surface area contributed by atoms with E-state index in [1.165, 1.54) is 47.7 Å². The van der Waals surface area contributed by atoms with Crippen molar-refractivity contribution in [1.82, 2.24) is 4.57 Å². The van der Waals surface area contributed by atoms with Crippen LogP contribution in [0.2, 0.25) is 0 Å². The highest BCUT2D eigenvalue weighted by Gasteiger charge is 2.15. The minimum atomic E-state index is -3.89. The van der Waals surface area contributed by atoms with Gasteiger partial charge in [-0.3, -0.25) is 9.52 Å². The lowest BCUT2D eigenvalue weighted by Crippen LogP contribution is -2.16. The minimum absolute atomic E-state index is 0.0718. The first-order valence-electron chi connectivity index (χ1n) is 10.2. The number of anilines is 1. The van der Waals surface area contributed by atoms with Crippen molar-refractivity contribution in [3.63, 3.8) is 0 Å². The van der Waals surface area contributed by atoms with Gasteiger partial charge in [0.05, 0.1) is 21.7 Å². The molecule has 6 nitrogen and oxygen atoms in total. The van der Waals surface area contributed by atoms with Gasteiger partial charge in [-0.15, -0.1) is 6.42 Å². The lowest BCUT2D eigenvalue weighted by atomic mass is 10.1. The number of nitrogens with one attached hydrogen (secondary N) is 1. The van der Waals surface area contributed by atoms with Gasteiger partial charge < -0.3 is 4.57 Å². The van der Waals surface area contributed by atoms with Crippen LogP contribution in [0.15, 0.2) is 70.6 Å². The molecule has 0 aliphatic carbocycles. The number of thiazole rings is 1. The van der Waals surface area contributed by atoms with Gasteiger partial charge in [0.1, 0.15) is 5.82 Å². The Morgan fingerprint density at radius 1 is 1.12 bits per heavy atom. The number of aryl methyl sites for hydroxylation is 2. The number of fused-ring (bicyclic) bond motifs is 1. The van der Waals surface area contributed by atoms with Gasteiger partial charge in [-0.2, -0.15) is 4.99 Å². The molecule has 0 aliphatic rings. The van der Waals surface area contributed by atoms with E-state index in [1.807, 2.05) is 24.5 Å². The third-order valence-corrected chi connectivity index (χ3v) is 7.70. The number of hydrogen-bond donors (Lipinski definition) is 1. The number of hydrogen-bond acceptors (Lipinski definition) is 4. The van der Waals surface area contributed by atoms with Crippen molar-refractivity contribution in [2.45, 2.75) is 25.3 Å². The van der Waals surface area contributed by atoms with Crippen LogP contribution in [0.25, 0.3) is 10.2 Å². The van der Waals surface area contributed by atoms with Gasteiger partial charge in [0.2, 0.25) is 0 Å². The molecule has 34 heavy (non-hydrogen) atoms. The number of rotatable bonds is 5. The highest BCUT2D eigenvalue weighted by molar-refractivity contribution is 7.92. The van der Waals surface area contributed by atoms with Crippen molar-refractivity contribution >= 4 is 43.2 Å². The summed E-state index contributed by atoms with van der Waals surface area (Å²) < 4.78 is 43.3. The Bertz CT molecular complexity index is 1610. The second-order valence-corrected chi connectivity index (χ2v) is 10.3. The summed E-state index contributed by atoms with van der Waals surface area (Å²) in [5.74, 6) is 1.61. The number of halogens is 1. The van der Waals surface area contributed by atoms with E-state index in [4.69, 9.17) is 6.42 Å². The van der Waals surface area contributed by atoms with Gasteiger partial charge >= 0.3 is 0 Å². The maximum atomic E-state index is 13.1. The van der Waals surface area contributed by atoms with E-state index in [-0.39, 0.29) is 17.1 Å². The van der Waals surface area contributed by atoms with Crippen molar-refractivity contribution in [2.75, 3.05) is 4.72 Å². The largest absolute Gasteiger partial charge is 0.305 e. The summed E-state index contributed by atoms with van der Waals surface area (Å²) >= 11 is 1.39. The molecule has 3 aromatic carbocycles. The highest BCUT2D eigenvalue weighted by atomic mass is 32.2. The number of nitrogens with zero attached hydrogens (tertiary/aromatic N) is 2. The standard InChI is InChI=1S/C25H20FN3O3S2/c1-4-13-29-22-15-16(2)14-17(3)23(22)33-25(29)27-24(30)18-5-9-20(10-6-18)28-34(31,32)21-11-7-19(26)8-12-21/h1,5-12,14-15,28H,13H2,2-3H3. The predicted molar refractivity (Wildman–Crippen MR) is 132 cm³/mol. The quantitative estimate of drug-likeness (QED) is 0.412. The van der Waals surface area contributed by atoms with Crippen molar-refractivity contribution in [3.05, 3.63) is 88.0 Å². The highest BCUT2D eigenvalue weighted by Crippen LogP contribution is 2.23. The van der Waals surface area contributed by atoms with E-state index in [1.54, 1.807) is 0 Å². The van der Waals surface area contributed by atoms with Gasteiger partial charge in [-0.05, 0) is 79.6 Å².